The van der Waals surface area contributed by atoms with E-state index in [4.69, 9.17) is 4.74 Å². The Labute approximate surface area is 111 Å². The molecular formula is C14H28N2O2. The van der Waals surface area contributed by atoms with Gasteiger partial charge in [-0.05, 0) is 45.2 Å². The first-order chi connectivity index (χ1) is 8.80. The van der Waals surface area contributed by atoms with Gasteiger partial charge in [0.05, 0.1) is 13.2 Å². The van der Waals surface area contributed by atoms with Crippen molar-refractivity contribution in [3.05, 3.63) is 0 Å². The molecule has 1 aliphatic carbocycles. The second-order valence-electron chi connectivity index (χ2n) is 5.75. The van der Waals surface area contributed by atoms with Crippen molar-refractivity contribution in [2.45, 2.75) is 37.6 Å². The summed E-state index contributed by atoms with van der Waals surface area (Å²) in [7, 11) is 1.99. The van der Waals surface area contributed by atoms with Gasteiger partial charge in [-0.15, -0.1) is 0 Å². The van der Waals surface area contributed by atoms with E-state index in [0.29, 0.717) is 5.92 Å². The lowest BCUT2D eigenvalue weighted by molar-refractivity contribution is 0.114. The van der Waals surface area contributed by atoms with Crippen LogP contribution in [0.4, 0.5) is 0 Å². The zero-order valence-corrected chi connectivity index (χ0v) is 11.7. The van der Waals surface area contributed by atoms with Crippen molar-refractivity contribution >= 4 is 0 Å². The Balaban J connectivity index is 1.81. The van der Waals surface area contributed by atoms with Gasteiger partial charge in [0.1, 0.15) is 0 Å². The molecule has 2 atom stereocenters. The standard InChI is InChI=1S/C14H28N2O2/c1-15-14(12-17)6-2-4-13(14)5-8-16-7-3-10-18-11-9-16/h13,15,17H,2-12H2,1H3. The Hall–Kier alpha value is -0.160. The van der Waals surface area contributed by atoms with Gasteiger partial charge in [0.25, 0.3) is 0 Å². The molecule has 0 spiro atoms. The van der Waals surface area contributed by atoms with E-state index in [1.165, 1.54) is 25.8 Å². The zero-order chi connectivity index (χ0) is 12.8. The Morgan fingerprint density at radius 1 is 1.33 bits per heavy atom. The Morgan fingerprint density at radius 3 is 3.00 bits per heavy atom. The van der Waals surface area contributed by atoms with Crippen LogP contribution in [0.15, 0.2) is 0 Å². The molecule has 2 aliphatic rings. The lowest BCUT2D eigenvalue weighted by Crippen LogP contribution is -2.50. The predicted octanol–water partition coefficient (Wildman–Crippen LogP) is 0.849. The molecule has 0 aromatic rings. The fraction of sp³-hybridized carbons (Fsp3) is 1.00. The summed E-state index contributed by atoms with van der Waals surface area (Å²) in [6.07, 6.45) is 5.97. The van der Waals surface area contributed by atoms with Gasteiger partial charge in [-0.2, -0.15) is 0 Å². The van der Waals surface area contributed by atoms with Crippen molar-refractivity contribution in [1.82, 2.24) is 10.2 Å². The summed E-state index contributed by atoms with van der Waals surface area (Å²) < 4.78 is 5.49. The number of nitrogens with zero attached hydrogens (tertiary/aromatic N) is 1. The van der Waals surface area contributed by atoms with Crippen LogP contribution in [0.1, 0.15) is 32.1 Å². The highest BCUT2D eigenvalue weighted by atomic mass is 16.5. The maximum Gasteiger partial charge on any atom is 0.0615 e. The van der Waals surface area contributed by atoms with Crippen LogP contribution in [-0.2, 0) is 4.74 Å². The number of likely N-dealkylation sites (N-methyl/N-ethyl adjacent to an activating group) is 1. The fourth-order valence-corrected chi connectivity index (χ4v) is 3.54. The Bertz CT molecular complexity index is 236. The van der Waals surface area contributed by atoms with Crippen LogP contribution < -0.4 is 5.32 Å². The van der Waals surface area contributed by atoms with Crippen LogP contribution in [0.2, 0.25) is 0 Å². The quantitative estimate of drug-likeness (QED) is 0.765. The summed E-state index contributed by atoms with van der Waals surface area (Å²) in [6, 6.07) is 0. The first-order valence-corrected chi connectivity index (χ1v) is 7.40. The van der Waals surface area contributed by atoms with Crippen LogP contribution in [-0.4, -0.2) is 62.0 Å². The average Bonchev–Trinajstić information content (AvgIpc) is 2.63. The summed E-state index contributed by atoms with van der Waals surface area (Å²) in [5, 5.41) is 13.1. The van der Waals surface area contributed by atoms with Crippen LogP contribution in [0.25, 0.3) is 0 Å². The molecule has 2 N–H and O–H groups in total. The molecule has 2 rings (SSSR count). The number of hydrogen-bond donors (Lipinski definition) is 2. The first kappa shape index (κ1) is 14.3. The van der Waals surface area contributed by atoms with Crippen molar-refractivity contribution < 1.29 is 9.84 Å². The van der Waals surface area contributed by atoms with Crippen LogP contribution in [0.5, 0.6) is 0 Å². The highest BCUT2D eigenvalue weighted by molar-refractivity contribution is 4.98. The van der Waals surface area contributed by atoms with E-state index in [-0.39, 0.29) is 12.1 Å². The van der Waals surface area contributed by atoms with E-state index < -0.39 is 0 Å². The molecule has 2 unspecified atom stereocenters. The number of ether oxygens (including phenoxy) is 1. The van der Waals surface area contributed by atoms with Gasteiger partial charge in [0.2, 0.25) is 0 Å². The summed E-state index contributed by atoms with van der Waals surface area (Å²) in [4.78, 5) is 2.52. The molecule has 4 heteroatoms. The lowest BCUT2D eigenvalue weighted by Gasteiger charge is -2.34. The minimum absolute atomic E-state index is 0.0116. The molecule has 0 aromatic carbocycles. The van der Waals surface area contributed by atoms with Gasteiger partial charge >= 0.3 is 0 Å². The zero-order valence-electron chi connectivity index (χ0n) is 11.7. The number of nitrogens with one attached hydrogen (secondary N) is 1. The molecule has 4 nitrogen and oxygen atoms in total. The van der Waals surface area contributed by atoms with Gasteiger partial charge in [-0.1, -0.05) is 6.42 Å². The topological polar surface area (TPSA) is 44.7 Å². The van der Waals surface area contributed by atoms with Gasteiger partial charge in [-0.25, -0.2) is 0 Å². The molecular weight excluding hydrogens is 228 g/mol. The third-order valence-electron chi connectivity index (χ3n) is 4.85. The maximum atomic E-state index is 9.67. The van der Waals surface area contributed by atoms with Crippen molar-refractivity contribution in [3.8, 4) is 0 Å². The highest BCUT2D eigenvalue weighted by Crippen LogP contribution is 2.37. The van der Waals surface area contributed by atoms with E-state index in [1.807, 2.05) is 7.05 Å². The summed E-state index contributed by atoms with van der Waals surface area (Å²) in [5.41, 5.74) is -0.0116. The third kappa shape index (κ3) is 3.23. The summed E-state index contributed by atoms with van der Waals surface area (Å²) in [6.45, 7) is 5.45. The molecule has 2 fully saturated rings. The predicted molar refractivity (Wildman–Crippen MR) is 72.7 cm³/mol. The van der Waals surface area contributed by atoms with Crippen LogP contribution in [0, 0.1) is 5.92 Å². The van der Waals surface area contributed by atoms with Gasteiger partial charge in [0, 0.05) is 25.2 Å². The molecule has 0 radical (unpaired) electrons. The van der Waals surface area contributed by atoms with Crippen molar-refractivity contribution in [1.29, 1.82) is 0 Å². The number of aliphatic hydroxyl groups is 1. The molecule has 18 heavy (non-hydrogen) atoms. The molecule has 0 aromatic heterocycles. The number of aliphatic hydroxyl groups excluding tert-OH is 1. The first-order valence-electron chi connectivity index (χ1n) is 7.40. The van der Waals surface area contributed by atoms with E-state index in [0.717, 1.165) is 39.1 Å². The van der Waals surface area contributed by atoms with Crippen molar-refractivity contribution in [2.75, 3.05) is 46.5 Å². The minimum atomic E-state index is -0.0116. The maximum absolute atomic E-state index is 9.67. The van der Waals surface area contributed by atoms with E-state index in [9.17, 15) is 5.11 Å². The summed E-state index contributed by atoms with van der Waals surface area (Å²) in [5.74, 6) is 0.622. The third-order valence-corrected chi connectivity index (χ3v) is 4.85. The largest absolute Gasteiger partial charge is 0.394 e. The van der Waals surface area contributed by atoms with Gasteiger partial charge in [0.15, 0.2) is 0 Å². The normalized spacial score (nSPS) is 34.7. The monoisotopic (exact) mass is 256 g/mol. The summed E-state index contributed by atoms with van der Waals surface area (Å²) >= 11 is 0. The highest BCUT2D eigenvalue weighted by Gasteiger charge is 2.40. The molecule has 1 heterocycles. The number of hydrogen-bond acceptors (Lipinski definition) is 4. The molecule has 1 aliphatic heterocycles. The molecule has 1 saturated carbocycles. The van der Waals surface area contributed by atoms with Crippen LogP contribution in [0.3, 0.4) is 0 Å². The Morgan fingerprint density at radius 2 is 2.22 bits per heavy atom. The minimum Gasteiger partial charge on any atom is -0.394 e. The molecule has 0 amide bonds. The lowest BCUT2D eigenvalue weighted by atomic mass is 9.85. The van der Waals surface area contributed by atoms with Crippen LogP contribution >= 0.6 is 0 Å². The second kappa shape index (κ2) is 6.85. The number of rotatable bonds is 5. The second-order valence-corrected chi connectivity index (χ2v) is 5.75. The van der Waals surface area contributed by atoms with E-state index >= 15 is 0 Å². The molecule has 0 bridgehead atoms. The van der Waals surface area contributed by atoms with Crippen molar-refractivity contribution in [3.63, 3.8) is 0 Å². The Kier molecular flexibility index (Phi) is 5.42. The molecule has 106 valence electrons. The smallest absolute Gasteiger partial charge is 0.0615 e. The van der Waals surface area contributed by atoms with Crippen molar-refractivity contribution in [2.24, 2.45) is 5.92 Å². The SMILES string of the molecule is CNC1(CO)CCCC1CCN1CCCOCC1. The average molecular weight is 256 g/mol. The van der Waals surface area contributed by atoms with Gasteiger partial charge in [-0.3, -0.25) is 0 Å². The van der Waals surface area contributed by atoms with E-state index in [1.54, 1.807) is 0 Å². The molecule has 1 saturated heterocycles. The van der Waals surface area contributed by atoms with E-state index in [2.05, 4.69) is 10.2 Å². The van der Waals surface area contributed by atoms with Gasteiger partial charge < -0.3 is 20.1 Å². The fourth-order valence-electron chi connectivity index (χ4n) is 3.54.